The average molecular weight is 495 g/mol. The molecule has 1 N–H and O–H groups in total. The van der Waals surface area contributed by atoms with Gasteiger partial charge in [0, 0.05) is 36.9 Å². The van der Waals surface area contributed by atoms with Crippen molar-refractivity contribution >= 4 is 50.4 Å². The van der Waals surface area contributed by atoms with E-state index in [0.29, 0.717) is 11.4 Å². The SMILES string of the molecule is CCN(CCC#N)c1ccc(N=Nc2cc(Cl)cc3c2N(C)C[NH+]3C)cc1.COS(=O)(=O)[O-]. The predicted molar refractivity (Wildman–Crippen MR) is 127 cm³/mol. The van der Waals surface area contributed by atoms with Gasteiger partial charge in [-0.05, 0) is 37.3 Å². The Kier molecular flexibility index (Phi) is 9.57. The van der Waals surface area contributed by atoms with Crippen molar-refractivity contribution in [2.45, 2.75) is 13.3 Å². The van der Waals surface area contributed by atoms with Crippen LogP contribution in [0.25, 0.3) is 0 Å². The summed E-state index contributed by atoms with van der Waals surface area (Å²) < 4.78 is 31.0. The summed E-state index contributed by atoms with van der Waals surface area (Å²) in [5, 5.41) is 18.3. The first-order valence-electron chi connectivity index (χ1n) is 10.1. The summed E-state index contributed by atoms with van der Waals surface area (Å²) in [5.41, 5.74) is 4.87. The first-order valence-corrected chi connectivity index (χ1v) is 11.8. The number of nitriles is 1. The van der Waals surface area contributed by atoms with Crippen LogP contribution in [0.15, 0.2) is 46.6 Å². The summed E-state index contributed by atoms with van der Waals surface area (Å²) in [6.07, 6.45) is 0.513. The van der Waals surface area contributed by atoms with Crippen molar-refractivity contribution in [1.29, 1.82) is 5.26 Å². The van der Waals surface area contributed by atoms with Gasteiger partial charge in [0.05, 0.1) is 32.3 Å². The van der Waals surface area contributed by atoms with Crippen LogP contribution in [0.1, 0.15) is 13.3 Å². The molecule has 1 unspecified atom stereocenters. The van der Waals surface area contributed by atoms with Crippen molar-refractivity contribution in [1.82, 2.24) is 0 Å². The number of benzene rings is 2. The summed E-state index contributed by atoms with van der Waals surface area (Å²) in [6, 6.07) is 14.0. The Balaban J connectivity index is 0.000000569. The Morgan fingerprint density at radius 2 is 1.94 bits per heavy atom. The van der Waals surface area contributed by atoms with Crippen LogP contribution in [0.2, 0.25) is 5.02 Å². The lowest BCUT2D eigenvalue weighted by atomic mass is 10.2. The van der Waals surface area contributed by atoms with Gasteiger partial charge in [0.15, 0.2) is 12.4 Å². The molecule has 1 aliphatic rings. The molecule has 1 aliphatic heterocycles. The molecule has 33 heavy (non-hydrogen) atoms. The fourth-order valence-corrected chi connectivity index (χ4v) is 3.62. The summed E-state index contributed by atoms with van der Waals surface area (Å²) >= 11 is 6.27. The number of quaternary nitrogens is 1. The van der Waals surface area contributed by atoms with E-state index in [1.165, 1.54) is 4.90 Å². The van der Waals surface area contributed by atoms with Crippen LogP contribution < -0.4 is 14.7 Å². The molecule has 0 bridgehead atoms. The number of anilines is 2. The van der Waals surface area contributed by atoms with Gasteiger partial charge in [0.1, 0.15) is 11.4 Å². The van der Waals surface area contributed by atoms with E-state index >= 15 is 0 Å². The number of nitrogens with one attached hydrogen (secondary N) is 1. The lowest BCUT2D eigenvalue weighted by Crippen LogP contribution is -3.03. The third-order valence-corrected chi connectivity index (χ3v) is 5.56. The molecule has 1 atom stereocenters. The normalized spacial score (nSPS) is 15.1. The standard InChI is InChI=1S/C20H23ClN6.CH4O4S/c1-4-27(11-5-10-22)17-8-6-16(7-9-17)23-24-18-12-15(21)13-19-20(18)26(3)14-25(19)2;1-5-6(2,3)4/h6-9,12-13H,4-5,11,14H2,1-3H3;1H3,(H,2,3,4). The zero-order valence-corrected chi connectivity index (χ0v) is 20.5. The number of rotatable bonds is 7. The second-order valence-electron chi connectivity index (χ2n) is 7.24. The van der Waals surface area contributed by atoms with E-state index < -0.39 is 10.4 Å². The number of hydrogen-bond acceptors (Lipinski definition) is 9. The molecule has 0 fully saturated rings. The lowest BCUT2D eigenvalue weighted by molar-refractivity contribution is -0.802. The average Bonchev–Trinajstić information content (AvgIpc) is 3.06. The third kappa shape index (κ3) is 7.66. The number of nitrogens with zero attached hydrogens (tertiary/aromatic N) is 5. The first kappa shape index (κ1) is 26.5. The highest BCUT2D eigenvalue weighted by molar-refractivity contribution is 7.80. The van der Waals surface area contributed by atoms with E-state index in [1.807, 2.05) is 36.4 Å². The van der Waals surface area contributed by atoms with E-state index in [-0.39, 0.29) is 0 Å². The monoisotopic (exact) mass is 494 g/mol. The van der Waals surface area contributed by atoms with Gasteiger partial charge in [0.2, 0.25) is 10.4 Å². The molecule has 0 saturated heterocycles. The number of fused-ring (bicyclic) bond motifs is 1. The molecule has 0 saturated carbocycles. The molecular formula is C21H27ClN6O4S. The molecule has 178 valence electrons. The fraction of sp³-hybridized carbons (Fsp3) is 0.381. The van der Waals surface area contributed by atoms with Crippen molar-refractivity contribution in [3.05, 3.63) is 41.4 Å². The lowest BCUT2D eigenvalue weighted by Gasteiger charge is -2.21. The van der Waals surface area contributed by atoms with Crippen LogP contribution in [0.4, 0.5) is 28.4 Å². The Morgan fingerprint density at radius 1 is 1.30 bits per heavy atom. The molecule has 0 radical (unpaired) electrons. The minimum Gasteiger partial charge on any atom is -0.726 e. The van der Waals surface area contributed by atoms with Crippen LogP contribution in [0, 0.1) is 11.3 Å². The molecule has 0 spiro atoms. The van der Waals surface area contributed by atoms with Crippen molar-refractivity contribution in [3.63, 3.8) is 0 Å². The fourth-order valence-electron chi connectivity index (χ4n) is 3.40. The molecule has 1 heterocycles. The highest BCUT2D eigenvalue weighted by Gasteiger charge is 2.29. The van der Waals surface area contributed by atoms with E-state index in [9.17, 15) is 13.0 Å². The van der Waals surface area contributed by atoms with Crippen molar-refractivity contribution in [2.75, 3.05) is 50.8 Å². The molecule has 12 heteroatoms. The molecule has 10 nitrogen and oxygen atoms in total. The smallest absolute Gasteiger partial charge is 0.217 e. The molecule has 2 aromatic rings. The number of azo groups is 1. The molecule has 2 aromatic carbocycles. The van der Waals surface area contributed by atoms with Gasteiger partial charge in [0.25, 0.3) is 0 Å². The maximum atomic E-state index is 9.22. The maximum absolute atomic E-state index is 9.22. The largest absolute Gasteiger partial charge is 0.726 e. The molecule has 0 amide bonds. The Hall–Kier alpha value is -2.75. The molecule has 0 aliphatic carbocycles. The van der Waals surface area contributed by atoms with E-state index in [0.717, 1.165) is 55.3 Å². The van der Waals surface area contributed by atoms with Crippen LogP contribution in [-0.4, -0.2) is 53.9 Å². The first-order chi connectivity index (χ1) is 15.6. The van der Waals surface area contributed by atoms with E-state index in [1.54, 1.807) is 0 Å². The maximum Gasteiger partial charge on any atom is 0.217 e. The summed E-state index contributed by atoms with van der Waals surface area (Å²) in [4.78, 5) is 5.63. The Labute approximate surface area is 199 Å². The second kappa shape index (κ2) is 11.9. The highest BCUT2D eigenvalue weighted by atomic mass is 35.5. The summed E-state index contributed by atoms with van der Waals surface area (Å²) in [6.45, 7) is 4.55. The van der Waals surface area contributed by atoms with E-state index in [2.05, 4.69) is 51.3 Å². The minimum atomic E-state index is -4.41. The summed E-state index contributed by atoms with van der Waals surface area (Å²) in [7, 11) is 0.564. The molecule has 0 aromatic heterocycles. The second-order valence-corrected chi connectivity index (χ2v) is 8.82. The Bertz CT molecular complexity index is 1120. The third-order valence-electron chi connectivity index (χ3n) is 4.94. The van der Waals surface area contributed by atoms with Gasteiger partial charge in [-0.25, -0.2) is 8.42 Å². The van der Waals surface area contributed by atoms with Crippen molar-refractivity contribution < 1.29 is 22.1 Å². The highest BCUT2D eigenvalue weighted by Crippen LogP contribution is 2.39. The number of halogens is 1. The Morgan fingerprint density at radius 3 is 2.48 bits per heavy atom. The molecular weight excluding hydrogens is 468 g/mol. The van der Waals surface area contributed by atoms with Gasteiger partial charge in [-0.15, -0.1) is 5.11 Å². The van der Waals surface area contributed by atoms with Gasteiger partial charge in [-0.3, -0.25) is 9.08 Å². The molecule has 3 rings (SSSR count). The predicted octanol–water partition coefficient (Wildman–Crippen LogP) is 3.14. The quantitative estimate of drug-likeness (QED) is 0.356. The van der Waals surface area contributed by atoms with Crippen LogP contribution >= 0.6 is 11.6 Å². The van der Waals surface area contributed by atoms with Gasteiger partial charge in [-0.1, -0.05) is 11.6 Å². The zero-order valence-electron chi connectivity index (χ0n) is 18.9. The zero-order chi connectivity index (χ0) is 24.6. The van der Waals surface area contributed by atoms with Gasteiger partial charge < -0.3 is 14.4 Å². The van der Waals surface area contributed by atoms with Crippen LogP contribution in [0.5, 0.6) is 0 Å². The van der Waals surface area contributed by atoms with E-state index in [4.69, 9.17) is 16.9 Å². The van der Waals surface area contributed by atoms with Crippen molar-refractivity contribution in [2.24, 2.45) is 10.2 Å². The van der Waals surface area contributed by atoms with Crippen molar-refractivity contribution in [3.8, 4) is 6.07 Å². The summed E-state index contributed by atoms with van der Waals surface area (Å²) in [5.74, 6) is 0. The van der Waals surface area contributed by atoms with Gasteiger partial charge in [-0.2, -0.15) is 10.4 Å². The van der Waals surface area contributed by atoms with Crippen LogP contribution in [0.3, 0.4) is 0 Å². The minimum absolute atomic E-state index is 0.513. The number of hydrogen-bond donors (Lipinski definition) is 1. The van der Waals surface area contributed by atoms with Gasteiger partial charge >= 0.3 is 0 Å². The van der Waals surface area contributed by atoms with Crippen LogP contribution in [-0.2, 0) is 14.6 Å². The topological polar surface area (TPSA) is 126 Å².